The summed E-state index contributed by atoms with van der Waals surface area (Å²) in [5.41, 5.74) is 1.87. The van der Waals surface area contributed by atoms with Gasteiger partial charge in [0, 0.05) is 37.7 Å². The molecule has 25 heavy (non-hydrogen) atoms. The molecule has 7 heteroatoms. The molecule has 0 aromatic carbocycles. The number of hydrogen-bond acceptors (Lipinski definition) is 7. The summed E-state index contributed by atoms with van der Waals surface area (Å²) in [4.78, 5) is 15.1. The van der Waals surface area contributed by atoms with Crippen LogP contribution in [0.25, 0.3) is 11.0 Å². The molecular formula is C18H19N7. The van der Waals surface area contributed by atoms with Crippen LogP contribution in [0.3, 0.4) is 0 Å². The van der Waals surface area contributed by atoms with Gasteiger partial charge in [-0.25, -0.2) is 15.0 Å². The number of rotatable bonds is 5. The molecule has 1 saturated heterocycles. The lowest BCUT2D eigenvalue weighted by Gasteiger charge is -2.40. The Hall–Kier alpha value is -2.83. The number of pyridine rings is 1. The topological polar surface area (TPSA) is 79.7 Å². The first-order valence-corrected chi connectivity index (χ1v) is 8.75. The second-order valence-corrected chi connectivity index (χ2v) is 6.84. The molecule has 1 saturated carbocycles. The Balaban J connectivity index is 1.18. The first-order valence-electron chi connectivity index (χ1n) is 8.75. The number of aromatic nitrogens is 5. The SMILES string of the molecule is c1cnc2ncnc(NCC3CN(c4ccc(C5CC5)nn4)C3)c2c1. The third-order valence-corrected chi connectivity index (χ3v) is 4.91. The van der Waals surface area contributed by atoms with Crippen molar-refractivity contribution in [3.8, 4) is 0 Å². The highest BCUT2D eigenvalue weighted by Crippen LogP contribution is 2.39. The number of nitrogens with zero attached hydrogens (tertiary/aromatic N) is 6. The van der Waals surface area contributed by atoms with Crippen molar-refractivity contribution in [2.45, 2.75) is 18.8 Å². The fourth-order valence-electron chi connectivity index (χ4n) is 3.26. The summed E-state index contributed by atoms with van der Waals surface area (Å²) in [6.07, 6.45) is 5.83. The highest BCUT2D eigenvalue weighted by molar-refractivity contribution is 5.85. The van der Waals surface area contributed by atoms with Crippen LogP contribution in [0.4, 0.5) is 11.6 Å². The molecule has 2 aliphatic rings. The van der Waals surface area contributed by atoms with E-state index < -0.39 is 0 Å². The Morgan fingerprint density at radius 1 is 1.04 bits per heavy atom. The third kappa shape index (κ3) is 2.86. The van der Waals surface area contributed by atoms with Crippen LogP contribution in [0.15, 0.2) is 36.8 Å². The summed E-state index contributed by atoms with van der Waals surface area (Å²) in [6.45, 7) is 2.86. The van der Waals surface area contributed by atoms with Gasteiger partial charge in [0.2, 0.25) is 0 Å². The van der Waals surface area contributed by atoms with Crippen molar-refractivity contribution < 1.29 is 0 Å². The number of hydrogen-bond donors (Lipinski definition) is 1. The summed E-state index contributed by atoms with van der Waals surface area (Å²) in [5, 5.41) is 13.1. The van der Waals surface area contributed by atoms with E-state index in [9.17, 15) is 0 Å². The van der Waals surface area contributed by atoms with E-state index in [0.29, 0.717) is 11.8 Å². The first kappa shape index (κ1) is 14.5. The Morgan fingerprint density at radius 3 is 2.76 bits per heavy atom. The van der Waals surface area contributed by atoms with Gasteiger partial charge in [0.1, 0.15) is 12.1 Å². The second kappa shape index (κ2) is 5.91. The van der Waals surface area contributed by atoms with Gasteiger partial charge in [-0.15, -0.1) is 5.10 Å². The van der Waals surface area contributed by atoms with E-state index in [1.807, 2.05) is 12.1 Å². The maximum Gasteiger partial charge on any atom is 0.164 e. The molecule has 0 amide bonds. The molecule has 4 heterocycles. The Bertz CT molecular complexity index is 880. The first-order chi connectivity index (χ1) is 12.4. The van der Waals surface area contributed by atoms with Crippen molar-refractivity contribution in [2.75, 3.05) is 29.9 Å². The molecule has 2 fully saturated rings. The van der Waals surface area contributed by atoms with Crippen LogP contribution in [-0.4, -0.2) is 44.8 Å². The van der Waals surface area contributed by atoms with Gasteiger partial charge in [0.15, 0.2) is 11.5 Å². The average molecular weight is 333 g/mol. The van der Waals surface area contributed by atoms with Crippen LogP contribution in [0.1, 0.15) is 24.5 Å². The molecule has 0 spiro atoms. The number of nitrogens with one attached hydrogen (secondary N) is 1. The molecule has 7 nitrogen and oxygen atoms in total. The zero-order valence-electron chi connectivity index (χ0n) is 13.8. The molecule has 3 aromatic rings. The van der Waals surface area contributed by atoms with Gasteiger partial charge in [0.25, 0.3) is 0 Å². The van der Waals surface area contributed by atoms with Crippen LogP contribution in [0, 0.1) is 5.92 Å². The predicted octanol–water partition coefficient (Wildman–Crippen LogP) is 2.24. The lowest BCUT2D eigenvalue weighted by atomic mass is 10.00. The molecule has 0 unspecified atom stereocenters. The molecule has 0 radical (unpaired) electrons. The molecule has 0 atom stereocenters. The smallest absolute Gasteiger partial charge is 0.164 e. The molecule has 3 aromatic heterocycles. The standard InChI is InChI=1S/C18H19N7/c1-2-14-17(19-7-1)21-11-22-18(14)20-8-12-9-25(10-12)16-6-5-15(23-24-16)13-3-4-13/h1-2,5-7,11-13H,3-4,8-10H2,(H,19,20,21,22). The Labute approximate surface area is 145 Å². The summed E-state index contributed by atoms with van der Waals surface area (Å²) >= 11 is 0. The van der Waals surface area contributed by atoms with Gasteiger partial charge in [0.05, 0.1) is 11.1 Å². The van der Waals surface area contributed by atoms with Crippen molar-refractivity contribution >= 4 is 22.7 Å². The maximum absolute atomic E-state index is 4.38. The van der Waals surface area contributed by atoms with E-state index >= 15 is 0 Å². The lowest BCUT2D eigenvalue weighted by molar-refractivity contribution is 0.425. The fourth-order valence-corrected chi connectivity index (χ4v) is 3.26. The van der Waals surface area contributed by atoms with Crippen LogP contribution in [-0.2, 0) is 0 Å². The molecule has 1 aliphatic heterocycles. The van der Waals surface area contributed by atoms with E-state index in [1.165, 1.54) is 12.8 Å². The van der Waals surface area contributed by atoms with E-state index in [1.54, 1.807) is 12.5 Å². The zero-order valence-corrected chi connectivity index (χ0v) is 13.8. The monoisotopic (exact) mass is 333 g/mol. The Kier molecular flexibility index (Phi) is 3.43. The average Bonchev–Trinajstić information content (AvgIpc) is 3.46. The minimum Gasteiger partial charge on any atom is -0.369 e. The minimum absolute atomic E-state index is 0.576. The van der Waals surface area contributed by atoms with Gasteiger partial charge in [-0.05, 0) is 37.1 Å². The van der Waals surface area contributed by atoms with Gasteiger partial charge >= 0.3 is 0 Å². The van der Waals surface area contributed by atoms with E-state index in [-0.39, 0.29) is 0 Å². The summed E-state index contributed by atoms with van der Waals surface area (Å²) < 4.78 is 0. The molecule has 126 valence electrons. The Morgan fingerprint density at radius 2 is 1.96 bits per heavy atom. The van der Waals surface area contributed by atoms with E-state index in [0.717, 1.165) is 48.0 Å². The van der Waals surface area contributed by atoms with Crippen LogP contribution in [0.5, 0.6) is 0 Å². The molecule has 0 bridgehead atoms. The fraction of sp³-hybridized carbons (Fsp3) is 0.389. The second-order valence-electron chi connectivity index (χ2n) is 6.84. The summed E-state index contributed by atoms with van der Waals surface area (Å²) in [6, 6.07) is 8.14. The lowest BCUT2D eigenvalue weighted by Crippen LogP contribution is -2.50. The van der Waals surface area contributed by atoms with Gasteiger partial charge < -0.3 is 10.2 Å². The number of fused-ring (bicyclic) bond motifs is 1. The summed E-state index contributed by atoms with van der Waals surface area (Å²) in [7, 11) is 0. The highest BCUT2D eigenvalue weighted by atomic mass is 15.3. The van der Waals surface area contributed by atoms with Crippen LogP contribution >= 0.6 is 0 Å². The molecular weight excluding hydrogens is 314 g/mol. The maximum atomic E-state index is 4.38. The van der Waals surface area contributed by atoms with Crippen molar-refractivity contribution in [3.63, 3.8) is 0 Å². The van der Waals surface area contributed by atoms with Crippen molar-refractivity contribution in [3.05, 3.63) is 42.5 Å². The van der Waals surface area contributed by atoms with Gasteiger partial charge in [-0.1, -0.05) is 0 Å². The van der Waals surface area contributed by atoms with Gasteiger partial charge in [-0.2, -0.15) is 5.10 Å². The van der Waals surface area contributed by atoms with Crippen molar-refractivity contribution in [2.24, 2.45) is 5.92 Å². The van der Waals surface area contributed by atoms with E-state index in [4.69, 9.17) is 0 Å². The van der Waals surface area contributed by atoms with Crippen molar-refractivity contribution in [1.82, 2.24) is 25.1 Å². The molecule has 1 aliphatic carbocycles. The van der Waals surface area contributed by atoms with E-state index in [2.05, 4.69) is 47.5 Å². The molecule has 5 rings (SSSR count). The van der Waals surface area contributed by atoms with Crippen LogP contribution in [0.2, 0.25) is 0 Å². The summed E-state index contributed by atoms with van der Waals surface area (Å²) in [5.74, 6) is 3.07. The third-order valence-electron chi connectivity index (χ3n) is 4.91. The number of anilines is 2. The highest BCUT2D eigenvalue weighted by Gasteiger charge is 2.29. The zero-order chi connectivity index (χ0) is 16.6. The minimum atomic E-state index is 0.576. The quantitative estimate of drug-likeness (QED) is 0.767. The largest absolute Gasteiger partial charge is 0.369 e. The predicted molar refractivity (Wildman–Crippen MR) is 95.5 cm³/mol. The van der Waals surface area contributed by atoms with Crippen molar-refractivity contribution in [1.29, 1.82) is 0 Å². The van der Waals surface area contributed by atoms with Crippen LogP contribution < -0.4 is 10.2 Å². The van der Waals surface area contributed by atoms with Gasteiger partial charge in [-0.3, -0.25) is 0 Å². The molecule has 1 N–H and O–H groups in total. The normalized spacial score (nSPS) is 17.5.